The van der Waals surface area contributed by atoms with Gasteiger partial charge in [0, 0.05) is 43.7 Å². The van der Waals surface area contributed by atoms with E-state index in [0.29, 0.717) is 0 Å². The summed E-state index contributed by atoms with van der Waals surface area (Å²) in [5, 5.41) is 11.0. The monoisotopic (exact) mass is 456 g/mol. The van der Waals surface area contributed by atoms with E-state index in [2.05, 4.69) is 11.8 Å². The highest BCUT2D eigenvalue weighted by Crippen LogP contribution is 2.23. The molecule has 0 aliphatic carbocycles. The lowest BCUT2D eigenvalue weighted by Crippen LogP contribution is -2.33. The second-order valence-corrected chi connectivity index (χ2v) is 8.12. The summed E-state index contributed by atoms with van der Waals surface area (Å²) in [7, 11) is 0. The third-order valence-corrected chi connectivity index (χ3v) is 5.91. The fraction of sp³-hybridized carbons (Fsp3) is 0.500. The smallest absolute Gasteiger partial charge is 0.475 e. The van der Waals surface area contributed by atoms with Crippen molar-refractivity contribution in [3.63, 3.8) is 0 Å². The number of anilines is 1. The quantitative estimate of drug-likeness (QED) is 0.746. The third-order valence-electron chi connectivity index (χ3n) is 5.22. The van der Waals surface area contributed by atoms with E-state index in [-0.39, 0.29) is 5.91 Å². The van der Waals surface area contributed by atoms with E-state index < -0.39 is 12.1 Å². The van der Waals surface area contributed by atoms with Crippen molar-refractivity contribution in [1.29, 1.82) is 0 Å². The summed E-state index contributed by atoms with van der Waals surface area (Å²) >= 11 is 1.57. The van der Waals surface area contributed by atoms with E-state index in [1.165, 1.54) is 18.4 Å². The number of aliphatic carboxylic acids is 1. The van der Waals surface area contributed by atoms with E-state index in [1.807, 2.05) is 21.7 Å². The molecule has 11 heteroatoms. The molecule has 0 spiro atoms. The van der Waals surface area contributed by atoms with E-state index in [1.54, 1.807) is 11.3 Å². The number of alkyl halides is 3. The van der Waals surface area contributed by atoms with Crippen molar-refractivity contribution < 1.29 is 27.9 Å². The topological polar surface area (TPSA) is 86.6 Å². The predicted octanol–water partition coefficient (Wildman–Crippen LogP) is 3.32. The van der Waals surface area contributed by atoms with Crippen LogP contribution in [0.2, 0.25) is 0 Å². The van der Waals surface area contributed by atoms with Crippen LogP contribution in [0.3, 0.4) is 0 Å². The number of rotatable bonds is 2. The van der Waals surface area contributed by atoms with Crippen LogP contribution in [0.5, 0.6) is 0 Å². The normalized spacial score (nSPS) is 16.3. The number of nitrogens with zero attached hydrogens (tertiary/aromatic N) is 4. The van der Waals surface area contributed by atoms with Gasteiger partial charge in [-0.1, -0.05) is 0 Å². The highest BCUT2D eigenvalue weighted by molar-refractivity contribution is 7.08. The Hall–Kier alpha value is -2.69. The van der Waals surface area contributed by atoms with Gasteiger partial charge in [0.25, 0.3) is 5.91 Å². The summed E-state index contributed by atoms with van der Waals surface area (Å²) in [6.45, 7) is 5.67. The van der Waals surface area contributed by atoms with Crippen molar-refractivity contribution in [2.24, 2.45) is 0 Å². The zero-order valence-electron chi connectivity index (χ0n) is 17.0. The van der Waals surface area contributed by atoms with Gasteiger partial charge in [0.15, 0.2) is 0 Å². The maximum absolute atomic E-state index is 12.6. The number of carbonyl (C=O) groups is 2. The molecule has 2 aliphatic rings. The summed E-state index contributed by atoms with van der Waals surface area (Å²) in [4.78, 5) is 35.3. The predicted molar refractivity (Wildman–Crippen MR) is 110 cm³/mol. The molecule has 1 amide bonds. The first-order chi connectivity index (χ1) is 14.7. The second kappa shape index (κ2) is 9.63. The van der Waals surface area contributed by atoms with Crippen molar-refractivity contribution in [1.82, 2.24) is 14.9 Å². The fourth-order valence-electron chi connectivity index (χ4n) is 3.60. The number of halogens is 3. The molecule has 2 aromatic heterocycles. The summed E-state index contributed by atoms with van der Waals surface area (Å²) in [5.74, 6) is -1.75. The molecule has 0 aromatic carbocycles. The number of carboxylic acid groups (broad SMARTS) is 1. The molecular weight excluding hydrogens is 433 g/mol. The van der Waals surface area contributed by atoms with Gasteiger partial charge in [-0.25, -0.2) is 14.8 Å². The minimum atomic E-state index is -5.08. The summed E-state index contributed by atoms with van der Waals surface area (Å²) in [6.07, 6.45) is -0.975. The number of hydrogen-bond acceptors (Lipinski definition) is 6. The molecule has 4 heterocycles. The molecule has 0 radical (unpaired) electrons. The average Bonchev–Trinajstić information content (AvgIpc) is 3.39. The van der Waals surface area contributed by atoms with Crippen LogP contribution in [0.15, 0.2) is 16.8 Å². The Morgan fingerprint density at radius 3 is 2.32 bits per heavy atom. The zero-order chi connectivity index (χ0) is 22.6. The van der Waals surface area contributed by atoms with Gasteiger partial charge in [-0.15, -0.1) is 0 Å². The lowest BCUT2D eigenvalue weighted by atomic mass is 10.1. The fourth-order valence-corrected chi connectivity index (χ4v) is 4.23. The van der Waals surface area contributed by atoms with Crippen LogP contribution >= 0.6 is 11.3 Å². The number of amides is 1. The Bertz CT molecular complexity index is 928. The van der Waals surface area contributed by atoms with Gasteiger partial charge in [0.1, 0.15) is 0 Å². The van der Waals surface area contributed by atoms with Crippen LogP contribution in [-0.2, 0) is 17.6 Å². The van der Waals surface area contributed by atoms with E-state index in [0.717, 1.165) is 61.9 Å². The summed E-state index contributed by atoms with van der Waals surface area (Å²) in [5.41, 5.74) is 4.24. The maximum atomic E-state index is 12.6. The highest BCUT2D eigenvalue weighted by Gasteiger charge is 2.38. The van der Waals surface area contributed by atoms with Crippen molar-refractivity contribution >= 4 is 29.2 Å². The number of hydrogen-bond donors (Lipinski definition) is 1. The molecule has 0 bridgehead atoms. The Morgan fingerprint density at radius 2 is 1.74 bits per heavy atom. The first-order valence-electron chi connectivity index (χ1n) is 9.89. The first-order valence-corrected chi connectivity index (χ1v) is 10.8. The molecule has 4 rings (SSSR count). The van der Waals surface area contributed by atoms with E-state index >= 15 is 0 Å². The van der Waals surface area contributed by atoms with E-state index in [4.69, 9.17) is 19.9 Å². The van der Waals surface area contributed by atoms with Crippen molar-refractivity contribution in [2.45, 2.75) is 38.8 Å². The molecule has 31 heavy (non-hydrogen) atoms. The third kappa shape index (κ3) is 5.72. The van der Waals surface area contributed by atoms with Gasteiger partial charge in [0.2, 0.25) is 5.95 Å². The molecular formula is C20H23F3N4O3S. The summed E-state index contributed by atoms with van der Waals surface area (Å²) in [6, 6.07) is 1.90. The highest BCUT2D eigenvalue weighted by atomic mass is 32.1. The molecule has 1 saturated heterocycles. The van der Waals surface area contributed by atoms with Gasteiger partial charge in [-0.3, -0.25) is 4.79 Å². The number of thiophene rings is 1. The minimum Gasteiger partial charge on any atom is -0.475 e. The molecule has 2 aliphatic heterocycles. The molecule has 0 saturated carbocycles. The number of carbonyl (C=O) groups excluding carboxylic acids is 1. The van der Waals surface area contributed by atoms with E-state index in [9.17, 15) is 18.0 Å². The van der Waals surface area contributed by atoms with Gasteiger partial charge in [-0.05, 0) is 43.2 Å². The average molecular weight is 456 g/mol. The number of carboxylic acids is 1. The van der Waals surface area contributed by atoms with Gasteiger partial charge in [-0.2, -0.15) is 24.5 Å². The van der Waals surface area contributed by atoms with Crippen LogP contribution in [-0.4, -0.2) is 64.2 Å². The Labute approximate surface area is 181 Å². The van der Waals surface area contributed by atoms with Crippen molar-refractivity contribution in [3.8, 4) is 0 Å². The van der Waals surface area contributed by atoms with Crippen LogP contribution < -0.4 is 4.90 Å². The standard InChI is InChI=1S/C18H22N4OS.C2HF3O2/c1-13-15-4-9-21(17(23)14-6-11-24-12-14)10-5-16(15)20-18(19-13)22-7-2-3-8-22;3-2(4,5)1(6)7/h6,11-12H,2-5,7-10H2,1H3;(H,6,7). The number of fused-ring (bicyclic) bond motifs is 1. The van der Waals surface area contributed by atoms with Crippen LogP contribution in [0.4, 0.5) is 19.1 Å². The van der Waals surface area contributed by atoms with Crippen molar-refractivity contribution in [3.05, 3.63) is 39.3 Å². The lowest BCUT2D eigenvalue weighted by molar-refractivity contribution is -0.192. The number of aromatic nitrogens is 2. The van der Waals surface area contributed by atoms with Crippen LogP contribution in [0.1, 0.15) is 40.2 Å². The van der Waals surface area contributed by atoms with Gasteiger partial charge >= 0.3 is 12.1 Å². The molecule has 7 nitrogen and oxygen atoms in total. The Morgan fingerprint density at radius 1 is 1.10 bits per heavy atom. The number of aryl methyl sites for hydroxylation is 1. The van der Waals surface area contributed by atoms with Crippen molar-refractivity contribution in [2.75, 3.05) is 31.1 Å². The SMILES string of the molecule is Cc1nc(N2CCCC2)nc2c1CCN(C(=O)c1ccsc1)CC2.O=C(O)C(F)(F)F. The van der Waals surface area contributed by atoms with Crippen LogP contribution in [0.25, 0.3) is 0 Å². The zero-order valence-corrected chi connectivity index (χ0v) is 17.8. The second-order valence-electron chi connectivity index (χ2n) is 7.34. The molecule has 168 valence electrons. The maximum Gasteiger partial charge on any atom is 0.490 e. The Kier molecular flexibility index (Phi) is 7.14. The molecule has 2 aromatic rings. The Balaban J connectivity index is 0.000000339. The molecule has 0 atom stereocenters. The molecule has 1 fully saturated rings. The van der Waals surface area contributed by atoms with Gasteiger partial charge in [0.05, 0.1) is 11.3 Å². The van der Waals surface area contributed by atoms with Gasteiger partial charge < -0.3 is 14.9 Å². The molecule has 0 unspecified atom stereocenters. The first kappa shape index (κ1) is 23.0. The lowest BCUT2D eigenvalue weighted by Gasteiger charge is -2.19. The molecule has 1 N–H and O–H groups in total. The minimum absolute atomic E-state index is 0.134. The largest absolute Gasteiger partial charge is 0.490 e. The summed E-state index contributed by atoms with van der Waals surface area (Å²) < 4.78 is 31.7. The van der Waals surface area contributed by atoms with Crippen LogP contribution in [0, 0.1) is 6.92 Å².